The van der Waals surface area contributed by atoms with E-state index in [0.29, 0.717) is 28.1 Å². The molecular formula is C27H21N5O2. The van der Waals surface area contributed by atoms with Crippen molar-refractivity contribution < 1.29 is 9.59 Å². The lowest BCUT2D eigenvalue weighted by Crippen LogP contribution is -2.19. The molecule has 0 saturated carbocycles. The van der Waals surface area contributed by atoms with Gasteiger partial charge in [0.2, 0.25) is 0 Å². The molecule has 0 saturated heterocycles. The van der Waals surface area contributed by atoms with Gasteiger partial charge in [-0.1, -0.05) is 30.3 Å². The molecule has 3 heterocycles. The number of urea groups is 1. The van der Waals surface area contributed by atoms with Gasteiger partial charge in [-0.3, -0.25) is 9.78 Å². The number of H-pyrrole nitrogens is 1. The summed E-state index contributed by atoms with van der Waals surface area (Å²) in [5.41, 5.74) is 5.65. The summed E-state index contributed by atoms with van der Waals surface area (Å²) < 4.78 is 0. The Morgan fingerprint density at radius 1 is 0.853 bits per heavy atom. The highest BCUT2D eigenvalue weighted by molar-refractivity contribution is 6.16. The number of aryl methyl sites for hydroxylation is 1. The number of carbonyl (C=O) groups excluding carboxylic acids is 2. The van der Waals surface area contributed by atoms with Gasteiger partial charge in [0.05, 0.1) is 0 Å². The van der Waals surface area contributed by atoms with Crippen molar-refractivity contribution in [1.82, 2.24) is 15.0 Å². The number of rotatable bonds is 5. The number of hydrogen-bond donors (Lipinski definition) is 3. The lowest BCUT2D eigenvalue weighted by Gasteiger charge is -2.09. The molecule has 0 unspecified atom stereocenters. The molecule has 2 amide bonds. The molecule has 0 fully saturated rings. The van der Waals surface area contributed by atoms with E-state index in [1.165, 1.54) is 0 Å². The van der Waals surface area contributed by atoms with Gasteiger partial charge in [-0.05, 0) is 48.9 Å². The summed E-state index contributed by atoms with van der Waals surface area (Å²) >= 11 is 0. The minimum absolute atomic E-state index is 0.167. The highest BCUT2D eigenvalue weighted by Crippen LogP contribution is 2.26. The van der Waals surface area contributed by atoms with E-state index in [0.717, 1.165) is 22.1 Å². The number of amides is 2. The third-order valence-corrected chi connectivity index (χ3v) is 5.43. The van der Waals surface area contributed by atoms with Crippen molar-refractivity contribution in [1.29, 1.82) is 0 Å². The lowest BCUT2D eigenvalue weighted by atomic mass is 10.0. The van der Waals surface area contributed by atoms with Gasteiger partial charge in [-0.2, -0.15) is 0 Å². The van der Waals surface area contributed by atoms with E-state index in [4.69, 9.17) is 0 Å². The Morgan fingerprint density at radius 3 is 2.41 bits per heavy atom. The fraction of sp³-hybridized carbons (Fsp3) is 0.0370. The van der Waals surface area contributed by atoms with Crippen LogP contribution < -0.4 is 10.6 Å². The summed E-state index contributed by atoms with van der Waals surface area (Å²) in [6.45, 7) is 1.96. The molecule has 166 valence electrons. The summed E-state index contributed by atoms with van der Waals surface area (Å²) in [6.07, 6.45) is 6.88. The largest absolute Gasteiger partial charge is 0.345 e. The number of anilines is 2. The summed E-state index contributed by atoms with van der Waals surface area (Å²) in [5.74, 6) is -0.167. The molecule has 5 aromatic rings. The van der Waals surface area contributed by atoms with E-state index in [-0.39, 0.29) is 11.8 Å². The van der Waals surface area contributed by atoms with Crippen molar-refractivity contribution in [3.63, 3.8) is 0 Å². The van der Waals surface area contributed by atoms with Gasteiger partial charge >= 0.3 is 6.03 Å². The summed E-state index contributed by atoms with van der Waals surface area (Å²) in [7, 11) is 0. The van der Waals surface area contributed by atoms with Crippen LogP contribution in [-0.2, 0) is 0 Å². The maximum atomic E-state index is 13.3. The predicted octanol–water partition coefficient (Wildman–Crippen LogP) is 5.81. The van der Waals surface area contributed by atoms with E-state index in [1.54, 1.807) is 49.1 Å². The monoisotopic (exact) mass is 447 g/mol. The molecule has 2 aromatic carbocycles. The number of fused-ring (bicyclic) bond motifs is 1. The SMILES string of the molecule is Cc1cccc(NC(=O)Nc2cccc(C(=O)c3c[nH]c4ncc(-c5cccnc5)cc34)c2)c1. The molecule has 3 N–H and O–H groups in total. The number of pyridine rings is 2. The summed E-state index contributed by atoms with van der Waals surface area (Å²) in [4.78, 5) is 37.5. The van der Waals surface area contributed by atoms with Crippen molar-refractivity contribution >= 4 is 34.2 Å². The molecule has 0 bridgehead atoms. The van der Waals surface area contributed by atoms with Gasteiger partial charge in [-0.25, -0.2) is 9.78 Å². The quantitative estimate of drug-likeness (QED) is 0.296. The van der Waals surface area contributed by atoms with Gasteiger partial charge in [0.15, 0.2) is 5.78 Å². The molecule has 0 radical (unpaired) electrons. The van der Waals surface area contributed by atoms with Crippen LogP contribution in [0.4, 0.5) is 16.2 Å². The Morgan fingerprint density at radius 2 is 1.65 bits per heavy atom. The summed E-state index contributed by atoms with van der Waals surface area (Å²) in [5, 5.41) is 6.31. The van der Waals surface area contributed by atoms with Crippen LogP contribution in [0.25, 0.3) is 22.2 Å². The third kappa shape index (κ3) is 4.40. The number of aromatic nitrogens is 3. The van der Waals surface area contributed by atoms with Crippen LogP contribution in [-0.4, -0.2) is 26.8 Å². The Labute approximate surface area is 195 Å². The van der Waals surface area contributed by atoms with E-state index >= 15 is 0 Å². The molecule has 0 aliphatic carbocycles. The number of benzene rings is 2. The van der Waals surface area contributed by atoms with Gasteiger partial charge in [0.25, 0.3) is 0 Å². The first kappa shape index (κ1) is 21.1. The van der Waals surface area contributed by atoms with Crippen LogP contribution in [0.2, 0.25) is 0 Å². The second-order valence-electron chi connectivity index (χ2n) is 7.92. The van der Waals surface area contributed by atoms with Crippen molar-refractivity contribution in [2.24, 2.45) is 0 Å². The van der Waals surface area contributed by atoms with Crippen LogP contribution >= 0.6 is 0 Å². The van der Waals surface area contributed by atoms with Gasteiger partial charge in [0, 0.05) is 63.8 Å². The molecule has 34 heavy (non-hydrogen) atoms. The molecule has 5 rings (SSSR count). The van der Waals surface area contributed by atoms with Crippen molar-refractivity contribution in [2.75, 3.05) is 10.6 Å². The average molecular weight is 447 g/mol. The predicted molar refractivity (Wildman–Crippen MR) is 133 cm³/mol. The van der Waals surface area contributed by atoms with Crippen LogP contribution in [0, 0.1) is 6.92 Å². The van der Waals surface area contributed by atoms with Gasteiger partial charge in [0.1, 0.15) is 5.65 Å². The minimum atomic E-state index is -0.382. The molecule has 0 aliphatic heterocycles. The first-order valence-electron chi connectivity index (χ1n) is 10.7. The van der Waals surface area contributed by atoms with Crippen molar-refractivity contribution in [2.45, 2.75) is 6.92 Å². The molecule has 0 aliphatic rings. The smallest absolute Gasteiger partial charge is 0.323 e. The van der Waals surface area contributed by atoms with Gasteiger partial charge in [-0.15, -0.1) is 0 Å². The van der Waals surface area contributed by atoms with E-state index in [2.05, 4.69) is 25.6 Å². The minimum Gasteiger partial charge on any atom is -0.345 e. The van der Waals surface area contributed by atoms with E-state index in [1.807, 2.05) is 49.4 Å². The fourth-order valence-corrected chi connectivity index (χ4v) is 3.79. The first-order chi connectivity index (χ1) is 16.6. The standard InChI is InChI=1S/C27H21N5O2/c1-17-5-2-8-21(11-17)31-27(34)32-22-9-3-6-18(12-22)25(33)24-16-30-26-23(24)13-20(15-29-26)19-7-4-10-28-14-19/h2-16H,1H3,(H,29,30)(H2,31,32,34). The van der Waals surface area contributed by atoms with E-state index < -0.39 is 0 Å². The van der Waals surface area contributed by atoms with Gasteiger partial charge < -0.3 is 15.6 Å². The molecule has 7 heteroatoms. The molecule has 0 atom stereocenters. The molecule has 7 nitrogen and oxygen atoms in total. The zero-order chi connectivity index (χ0) is 23.5. The second kappa shape index (κ2) is 8.99. The normalized spacial score (nSPS) is 10.7. The Kier molecular flexibility index (Phi) is 5.58. The number of ketones is 1. The van der Waals surface area contributed by atoms with Crippen LogP contribution in [0.15, 0.2) is 91.5 Å². The maximum Gasteiger partial charge on any atom is 0.323 e. The highest BCUT2D eigenvalue weighted by atomic mass is 16.2. The van der Waals surface area contributed by atoms with Crippen LogP contribution in [0.1, 0.15) is 21.5 Å². The van der Waals surface area contributed by atoms with Crippen molar-refractivity contribution in [3.05, 3.63) is 108 Å². The molecule has 0 spiro atoms. The first-order valence-corrected chi connectivity index (χ1v) is 10.7. The zero-order valence-corrected chi connectivity index (χ0v) is 18.4. The fourth-order valence-electron chi connectivity index (χ4n) is 3.79. The van der Waals surface area contributed by atoms with E-state index in [9.17, 15) is 9.59 Å². The average Bonchev–Trinajstić information content (AvgIpc) is 3.27. The maximum absolute atomic E-state index is 13.3. The highest BCUT2D eigenvalue weighted by Gasteiger charge is 2.16. The van der Waals surface area contributed by atoms with Crippen molar-refractivity contribution in [3.8, 4) is 11.1 Å². The Hall–Kier alpha value is -4.78. The Bertz CT molecular complexity index is 1510. The second-order valence-corrected chi connectivity index (χ2v) is 7.92. The number of carbonyl (C=O) groups is 2. The number of hydrogen-bond acceptors (Lipinski definition) is 4. The molecule has 3 aromatic heterocycles. The van der Waals surface area contributed by atoms with Crippen LogP contribution in [0.3, 0.4) is 0 Å². The topological polar surface area (TPSA) is 99.8 Å². The molecular weight excluding hydrogens is 426 g/mol. The zero-order valence-electron chi connectivity index (χ0n) is 18.4. The number of aromatic amines is 1. The van der Waals surface area contributed by atoms with Crippen LogP contribution in [0.5, 0.6) is 0 Å². The number of nitrogens with one attached hydrogen (secondary N) is 3. The lowest BCUT2D eigenvalue weighted by molar-refractivity contribution is 0.104. The third-order valence-electron chi connectivity index (χ3n) is 5.43. The Balaban J connectivity index is 1.39. The number of nitrogens with zero attached hydrogens (tertiary/aromatic N) is 2. The summed E-state index contributed by atoms with van der Waals surface area (Å²) in [6, 6.07) is 19.7.